The molecule has 1 fully saturated rings. The second-order valence-electron chi connectivity index (χ2n) is 5.89. The summed E-state index contributed by atoms with van der Waals surface area (Å²) in [7, 11) is 1.57. The predicted octanol–water partition coefficient (Wildman–Crippen LogP) is 2.06. The number of carbonyl (C=O) groups excluding carboxylic acids is 1. The third kappa shape index (κ3) is 7.19. The molecule has 0 aliphatic carbocycles. The largest absolute Gasteiger partial charge is 0.463 e. The molecule has 25 heavy (non-hydrogen) atoms. The first-order valence-electron chi connectivity index (χ1n) is 8.64. The second-order valence-corrected chi connectivity index (χ2v) is 5.89. The maximum Gasteiger partial charge on any atom is 0.291 e. The fraction of sp³-hybridized carbons (Fsp3) is 0.556. The summed E-state index contributed by atoms with van der Waals surface area (Å²) in [6.45, 7) is 4.21. The molecule has 0 bridgehead atoms. The minimum absolute atomic E-state index is 0.142. The number of amides is 1. The molecule has 0 saturated carbocycles. The zero-order chi connectivity index (χ0) is 17.9. The van der Waals surface area contributed by atoms with Crippen LogP contribution in [0.15, 0.2) is 29.3 Å². The van der Waals surface area contributed by atoms with Crippen molar-refractivity contribution < 1.29 is 18.7 Å². The van der Waals surface area contributed by atoms with Gasteiger partial charge in [0.05, 0.1) is 13.2 Å². The van der Waals surface area contributed by atoms with Crippen LogP contribution in [0.25, 0.3) is 0 Å². The lowest BCUT2D eigenvalue weighted by atomic mass is 10.1. The van der Waals surface area contributed by atoms with Crippen LogP contribution >= 0.6 is 0 Å². The van der Waals surface area contributed by atoms with Crippen LogP contribution in [0.2, 0.25) is 0 Å². The number of rotatable bonds is 7. The number of nitrogens with zero attached hydrogens (tertiary/aromatic N) is 2. The van der Waals surface area contributed by atoms with Crippen LogP contribution < -0.4 is 5.32 Å². The Balaban J connectivity index is 1.91. The molecule has 1 aliphatic heterocycles. The Hall–Kier alpha value is -1.99. The normalized spacial score (nSPS) is 15.8. The number of amidine groups is 1. The quantitative estimate of drug-likeness (QED) is 0.464. The number of hydrogen-bond donors (Lipinski definition) is 1. The van der Waals surface area contributed by atoms with Crippen LogP contribution in [0.1, 0.15) is 29.6 Å². The summed E-state index contributed by atoms with van der Waals surface area (Å²) in [5.74, 6) is -0.912. The fourth-order valence-electron chi connectivity index (χ4n) is 2.62. The number of hydrogen-bond acceptors (Lipinski definition) is 5. The molecule has 1 aromatic rings. The molecule has 0 unspecified atom stereocenters. The van der Waals surface area contributed by atoms with Gasteiger partial charge in [-0.2, -0.15) is 0 Å². The van der Waals surface area contributed by atoms with E-state index < -0.39 is 11.7 Å². The molecule has 1 aliphatic rings. The third-order valence-corrected chi connectivity index (χ3v) is 3.95. The van der Waals surface area contributed by atoms with E-state index in [2.05, 4.69) is 15.2 Å². The van der Waals surface area contributed by atoms with E-state index in [1.165, 1.54) is 37.5 Å². The summed E-state index contributed by atoms with van der Waals surface area (Å²) in [6, 6.07) is 5.64. The molecule has 0 aromatic heterocycles. The summed E-state index contributed by atoms with van der Waals surface area (Å²) in [5.41, 5.74) is 0.221. The van der Waals surface area contributed by atoms with Crippen molar-refractivity contribution in [2.24, 2.45) is 4.99 Å². The van der Waals surface area contributed by atoms with E-state index in [1.54, 1.807) is 13.2 Å². The molecule has 1 amide bonds. The number of halogens is 1. The number of likely N-dealkylation sites (tertiary alicyclic amines) is 1. The smallest absolute Gasteiger partial charge is 0.291 e. The number of aliphatic imine (C=N–C) groups is 1. The Labute approximate surface area is 148 Å². The molecule has 0 atom stereocenters. The summed E-state index contributed by atoms with van der Waals surface area (Å²) < 4.78 is 23.7. The molecular weight excluding hydrogens is 325 g/mol. The van der Waals surface area contributed by atoms with Crippen molar-refractivity contribution in [2.75, 3.05) is 46.5 Å². The molecular formula is C18H26FN3O3. The molecule has 1 aromatic carbocycles. The van der Waals surface area contributed by atoms with Crippen molar-refractivity contribution in [3.8, 4) is 0 Å². The molecule has 1 N–H and O–H groups in total. The Morgan fingerprint density at radius 2 is 2.08 bits per heavy atom. The number of methoxy groups -OCH3 is 1. The number of ether oxygens (including phenoxy) is 2. The lowest BCUT2D eigenvalue weighted by Gasteiger charge is -2.25. The van der Waals surface area contributed by atoms with E-state index >= 15 is 0 Å². The maximum atomic E-state index is 13.3. The van der Waals surface area contributed by atoms with E-state index in [4.69, 9.17) is 9.47 Å². The number of nitrogens with one attached hydrogen (secondary N) is 1. The lowest BCUT2D eigenvalue weighted by molar-refractivity contribution is 0.0953. The van der Waals surface area contributed by atoms with Gasteiger partial charge in [0.15, 0.2) is 0 Å². The molecule has 0 spiro atoms. The maximum absolute atomic E-state index is 13.3. The van der Waals surface area contributed by atoms with Crippen LogP contribution in [-0.4, -0.2) is 63.3 Å². The number of piperidine rings is 1. The second kappa shape index (κ2) is 10.8. The van der Waals surface area contributed by atoms with Crippen LogP contribution in [0.4, 0.5) is 4.39 Å². The summed E-state index contributed by atoms with van der Waals surface area (Å²) >= 11 is 0. The van der Waals surface area contributed by atoms with Gasteiger partial charge in [0.25, 0.3) is 11.9 Å². The van der Waals surface area contributed by atoms with Gasteiger partial charge in [-0.25, -0.2) is 9.38 Å². The standard InChI is InChI=1S/C18H26FN3O3/c1-24-12-13-25-18(20-8-11-22-9-3-2-4-10-22)21-17(23)15-6-5-7-16(19)14-15/h5-7,14H,2-4,8-13H2,1H3,(H,20,21,23). The van der Waals surface area contributed by atoms with Crippen LogP contribution in [0.5, 0.6) is 0 Å². The number of carbonyl (C=O) groups is 1. The lowest BCUT2D eigenvalue weighted by Crippen LogP contribution is -2.35. The molecule has 1 saturated heterocycles. The molecule has 6 nitrogen and oxygen atoms in total. The van der Waals surface area contributed by atoms with Gasteiger partial charge in [0, 0.05) is 19.2 Å². The van der Waals surface area contributed by atoms with Crippen LogP contribution in [0, 0.1) is 5.82 Å². The Morgan fingerprint density at radius 1 is 1.28 bits per heavy atom. The molecule has 0 radical (unpaired) electrons. The molecule has 7 heteroatoms. The Bertz CT molecular complexity index is 574. The van der Waals surface area contributed by atoms with Gasteiger partial charge in [-0.15, -0.1) is 0 Å². The van der Waals surface area contributed by atoms with E-state index in [0.29, 0.717) is 13.2 Å². The van der Waals surface area contributed by atoms with Gasteiger partial charge in [0.2, 0.25) is 0 Å². The van der Waals surface area contributed by atoms with Crippen molar-refractivity contribution in [3.05, 3.63) is 35.6 Å². The van der Waals surface area contributed by atoms with Gasteiger partial charge >= 0.3 is 0 Å². The van der Waals surface area contributed by atoms with Crippen molar-refractivity contribution in [3.63, 3.8) is 0 Å². The third-order valence-electron chi connectivity index (χ3n) is 3.95. The summed E-state index contributed by atoms with van der Waals surface area (Å²) in [4.78, 5) is 18.9. The fourth-order valence-corrected chi connectivity index (χ4v) is 2.62. The zero-order valence-corrected chi connectivity index (χ0v) is 14.7. The summed E-state index contributed by atoms with van der Waals surface area (Å²) in [6.07, 6.45) is 3.73. The van der Waals surface area contributed by atoms with E-state index in [9.17, 15) is 9.18 Å². The minimum atomic E-state index is -0.462. The highest BCUT2D eigenvalue weighted by Crippen LogP contribution is 2.07. The highest BCUT2D eigenvalue weighted by Gasteiger charge is 2.12. The van der Waals surface area contributed by atoms with Crippen molar-refractivity contribution >= 4 is 11.9 Å². The van der Waals surface area contributed by atoms with Gasteiger partial charge in [-0.05, 0) is 44.1 Å². The van der Waals surface area contributed by atoms with Gasteiger partial charge in [0.1, 0.15) is 12.4 Å². The first-order chi connectivity index (χ1) is 12.2. The van der Waals surface area contributed by atoms with Crippen LogP contribution in [-0.2, 0) is 9.47 Å². The average molecular weight is 351 g/mol. The topological polar surface area (TPSA) is 63.2 Å². The Kier molecular flexibility index (Phi) is 8.34. The van der Waals surface area contributed by atoms with Gasteiger partial charge in [-0.3, -0.25) is 10.1 Å². The van der Waals surface area contributed by atoms with Gasteiger partial charge in [-0.1, -0.05) is 12.5 Å². The minimum Gasteiger partial charge on any atom is -0.463 e. The highest BCUT2D eigenvalue weighted by molar-refractivity contribution is 6.04. The van der Waals surface area contributed by atoms with Crippen LogP contribution in [0.3, 0.4) is 0 Å². The zero-order valence-electron chi connectivity index (χ0n) is 14.7. The SMILES string of the molecule is COCCOC(=NCCN1CCCCC1)NC(=O)c1cccc(F)c1. The van der Waals surface area contributed by atoms with E-state index in [-0.39, 0.29) is 18.2 Å². The van der Waals surface area contributed by atoms with Crippen molar-refractivity contribution in [1.29, 1.82) is 0 Å². The van der Waals surface area contributed by atoms with Gasteiger partial charge < -0.3 is 14.4 Å². The van der Waals surface area contributed by atoms with E-state index in [1.807, 2.05) is 0 Å². The molecule has 2 rings (SSSR count). The summed E-state index contributed by atoms with van der Waals surface area (Å²) in [5, 5.41) is 2.61. The first-order valence-corrected chi connectivity index (χ1v) is 8.64. The Morgan fingerprint density at radius 3 is 2.80 bits per heavy atom. The predicted molar refractivity (Wildman–Crippen MR) is 94.3 cm³/mol. The monoisotopic (exact) mass is 351 g/mol. The highest BCUT2D eigenvalue weighted by atomic mass is 19.1. The average Bonchev–Trinajstić information content (AvgIpc) is 2.62. The van der Waals surface area contributed by atoms with Crippen molar-refractivity contribution in [1.82, 2.24) is 10.2 Å². The number of benzene rings is 1. The molecule has 1 heterocycles. The molecule has 138 valence electrons. The van der Waals surface area contributed by atoms with E-state index in [0.717, 1.165) is 19.6 Å². The first kappa shape index (κ1) is 19.3. The van der Waals surface area contributed by atoms with Crippen molar-refractivity contribution in [2.45, 2.75) is 19.3 Å².